The smallest absolute Gasteiger partial charge is 0.194 e. The van der Waals surface area contributed by atoms with Crippen LogP contribution in [0.5, 0.6) is 0 Å². The Labute approximate surface area is 119 Å². The zero-order valence-corrected chi connectivity index (χ0v) is 11.7. The molecular weight excluding hydrogens is 246 g/mol. The molecule has 2 nitrogen and oxygen atoms in total. The molecule has 0 bridgehead atoms. The topological polar surface area (TPSA) is 26.1 Å². The molecule has 0 unspecified atom stereocenters. The maximum Gasteiger partial charge on any atom is 0.194 e. The van der Waals surface area contributed by atoms with E-state index in [1.807, 2.05) is 62.4 Å². The van der Waals surface area contributed by atoms with E-state index in [0.717, 1.165) is 27.0 Å². The van der Waals surface area contributed by atoms with Gasteiger partial charge in [0.25, 0.3) is 0 Å². The molecule has 1 aliphatic heterocycles. The molecule has 1 aliphatic rings. The lowest BCUT2D eigenvalue weighted by Crippen LogP contribution is -2.30. The Kier molecular flexibility index (Phi) is 2.94. The first-order valence-electron chi connectivity index (χ1n) is 6.77. The highest BCUT2D eigenvalue weighted by atomic mass is 16.5. The van der Waals surface area contributed by atoms with Crippen LogP contribution < -0.4 is 0 Å². The molecule has 0 spiro atoms. The number of hydroxylamine groups is 1. The molecule has 0 saturated heterocycles. The average molecular weight is 263 g/mol. The Hall–Kier alpha value is -2.35. The van der Waals surface area contributed by atoms with E-state index >= 15 is 0 Å². The summed E-state index contributed by atoms with van der Waals surface area (Å²) in [7, 11) is 0. The maximum absolute atomic E-state index is 12.3. The summed E-state index contributed by atoms with van der Waals surface area (Å²) in [6.45, 7) is 3.93. The number of allylic oxidation sites excluding steroid dienone is 1. The van der Waals surface area contributed by atoms with Crippen molar-refractivity contribution in [2.24, 2.45) is 0 Å². The first-order chi connectivity index (χ1) is 9.60. The molecule has 20 heavy (non-hydrogen) atoms. The first kappa shape index (κ1) is 12.7. The van der Waals surface area contributed by atoms with E-state index in [1.54, 1.807) is 6.21 Å². The zero-order valence-electron chi connectivity index (χ0n) is 11.7. The van der Waals surface area contributed by atoms with Crippen LogP contribution in [0.25, 0.3) is 11.1 Å². The summed E-state index contributed by atoms with van der Waals surface area (Å²) in [5.74, 6) is 0. The van der Waals surface area contributed by atoms with Gasteiger partial charge < -0.3 is 5.21 Å². The van der Waals surface area contributed by atoms with Gasteiger partial charge in [-0.3, -0.25) is 0 Å². The Morgan fingerprint density at radius 1 is 0.800 bits per heavy atom. The van der Waals surface area contributed by atoms with Gasteiger partial charge >= 0.3 is 0 Å². The lowest BCUT2D eigenvalue weighted by Gasteiger charge is -2.22. The van der Waals surface area contributed by atoms with Crippen molar-refractivity contribution in [3.63, 3.8) is 0 Å². The second-order valence-electron chi connectivity index (χ2n) is 5.53. The lowest BCUT2D eigenvalue weighted by atomic mass is 9.85. The van der Waals surface area contributed by atoms with Gasteiger partial charge in [0, 0.05) is 19.4 Å². The fourth-order valence-corrected chi connectivity index (χ4v) is 2.73. The first-order valence-corrected chi connectivity index (χ1v) is 6.77. The third-order valence-corrected chi connectivity index (χ3v) is 3.83. The number of rotatable bonds is 2. The molecule has 0 radical (unpaired) electrons. The van der Waals surface area contributed by atoms with Gasteiger partial charge in [-0.1, -0.05) is 60.7 Å². The Morgan fingerprint density at radius 3 is 1.85 bits per heavy atom. The van der Waals surface area contributed by atoms with Crippen molar-refractivity contribution in [2.75, 3.05) is 0 Å². The van der Waals surface area contributed by atoms with Crippen LogP contribution in [-0.4, -0.2) is 16.5 Å². The molecule has 0 atom stereocenters. The van der Waals surface area contributed by atoms with Gasteiger partial charge in [-0.2, -0.15) is 0 Å². The third kappa shape index (κ3) is 1.94. The molecule has 2 aromatic carbocycles. The van der Waals surface area contributed by atoms with Crippen LogP contribution in [0.15, 0.2) is 60.7 Å². The van der Waals surface area contributed by atoms with Crippen molar-refractivity contribution in [3.05, 3.63) is 77.0 Å². The highest BCUT2D eigenvalue weighted by Gasteiger charge is 2.40. The summed E-state index contributed by atoms with van der Waals surface area (Å²) in [6.07, 6.45) is 1.71. The van der Waals surface area contributed by atoms with Crippen LogP contribution in [0.2, 0.25) is 0 Å². The number of hydrogen-bond donors (Lipinski definition) is 0. The summed E-state index contributed by atoms with van der Waals surface area (Å²) in [5, 5.41) is 12.3. The lowest BCUT2D eigenvalue weighted by molar-refractivity contribution is -0.512. The van der Waals surface area contributed by atoms with Crippen molar-refractivity contribution in [3.8, 4) is 0 Å². The summed E-state index contributed by atoms with van der Waals surface area (Å²) in [5.41, 5.74) is 3.73. The van der Waals surface area contributed by atoms with Crippen LogP contribution in [0.3, 0.4) is 0 Å². The predicted octanol–water partition coefficient (Wildman–Crippen LogP) is 3.97. The number of hydrogen-bond acceptors (Lipinski definition) is 1. The Bertz CT molecular complexity index is 682. The van der Waals surface area contributed by atoms with E-state index in [4.69, 9.17) is 0 Å². The summed E-state index contributed by atoms with van der Waals surface area (Å²) < 4.78 is 1.05. The molecule has 0 saturated carbocycles. The summed E-state index contributed by atoms with van der Waals surface area (Å²) in [6, 6.07) is 20.2. The van der Waals surface area contributed by atoms with Gasteiger partial charge in [-0.05, 0) is 11.1 Å². The molecule has 0 amide bonds. The quantitative estimate of drug-likeness (QED) is 0.594. The van der Waals surface area contributed by atoms with Gasteiger partial charge in [0.2, 0.25) is 0 Å². The normalized spacial score (nSPS) is 17.2. The molecular formula is C18H17NO. The van der Waals surface area contributed by atoms with Crippen LogP contribution in [-0.2, 0) is 0 Å². The van der Waals surface area contributed by atoms with E-state index in [2.05, 4.69) is 12.1 Å². The standard InChI is InChI=1S/C18H17NO/c1-18(2)17(15-11-7-4-8-12-15)16(13-19(18)20)14-9-5-3-6-10-14/h3-13H,1-2H3. The molecule has 1 heterocycles. The van der Waals surface area contributed by atoms with E-state index in [9.17, 15) is 5.21 Å². The van der Waals surface area contributed by atoms with E-state index in [-0.39, 0.29) is 0 Å². The van der Waals surface area contributed by atoms with E-state index in [0.29, 0.717) is 0 Å². The van der Waals surface area contributed by atoms with Crippen molar-refractivity contribution in [1.82, 2.24) is 0 Å². The minimum Gasteiger partial charge on any atom is -0.623 e. The number of nitrogens with zero attached hydrogens (tertiary/aromatic N) is 1. The fourth-order valence-electron chi connectivity index (χ4n) is 2.73. The molecule has 0 fully saturated rings. The minimum atomic E-state index is -0.549. The molecule has 0 N–H and O–H groups in total. The highest BCUT2D eigenvalue weighted by molar-refractivity contribution is 6.21. The van der Waals surface area contributed by atoms with Crippen LogP contribution >= 0.6 is 0 Å². The molecule has 0 aliphatic carbocycles. The van der Waals surface area contributed by atoms with Gasteiger partial charge in [-0.25, -0.2) is 4.74 Å². The minimum absolute atomic E-state index is 0.549. The zero-order chi connectivity index (χ0) is 14.2. The SMILES string of the molecule is CC1(C)C(c2ccccc2)=C(c2ccccc2)C=[N+]1[O-]. The van der Waals surface area contributed by atoms with Crippen LogP contribution in [0, 0.1) is 5.21 Å². The monoisotopic (exact) mass is 263 g/mol. The largest absolute Gasteiger partial charge is 0.623 e. The van der Waals surface area contributed by atoms with Crippen LogP contribution in [0.1, 0.15) is 25.0 Å². The van der Waals surface area contributed by atoms with E-state index in [1.165, 1.54) is 0 Å². The highest BCUT2D eigenvalue weighted by Crippen LogP contribution is 2.39. The third-order valence-electron chi connectivity index (χ3n) is 3.83. The second kappa shape index (κ2) is 4.64. The van der Waals surface area contributed by atoms with Crippen molar-refractivity contribution in [2.45, 2.75) is 19.4 Å². The summed E-state index contributed by atoms with van der Waals surface area (Å²) >= 11 is 0. The molecule has 3 rings (SSSR count). The van der Waals surface area contributed by atoms with Crippen molar-refractivity contribution >= 4 is 17.4 Å². The summed E-state index contributed by atoms with van der Waals surface area (Å²) in [4.78, 5) is 0. The number of benzene rings is 2. The van der Waals surface area contributed by atoms with E-state index < -0.39 is 5.54 Å². The maximum atomic E-state index is 12.3. The molecule has 2 heteroatoms. The molecule has 0 aromatic heterocycles. The predicted molar refractivity (Wildman–Crippen MR) is 83.5 cm³/mol. The second-order valence-corrected chi connectivity index (χ2v) is 5.53. The van der Waals surface area contributed by atoms with Crippen molar-refractivity contribution < 1.29 is 4.74 Å². The average Bonchev–Trinajstić information content (AvgIpc) is 2.71. The van der Waals surface area contributed by atoms with Crippen LogP contribution in [0.4, 0.5) is 0 Å². The Morgan fingerprint density at radius 2 is 1.30 bits per heavy atom. The van der Waals surface area contributed by atoms with Gasteiger partial charge in [0.15, 0.2) is 11.8 Å². The van der Waals surface area contributed by atoms with Gasteiger partial charge in [0.1, 0.15) is 0 Å². The Balaban J connectivity index is 2.25. The molecule has 100 valence electrons. The molecule has 2 aromatic rings. The van der Waals surface area contributed by atoms with Gasteiger partial charge in [-0.15, -0.1) is 0 Å². The van der Waals surface area contributed by atoms with Crippen molar-refractivity contribution in [1.29, 1.82) is 0 Å². The van der Waals surface area contributed by atoms with Gasteiger partial charge in [0.05, 0.1) is 5.57 Å². The fraction of sp³-hybridized carbons (Fsp3) is 0.167.